The molecule has 0 radical (unpaired) electrons. The lowest BCUT2D eigenvalue weighted by atomic mass is 10.1. The van der Waals surface area contributed by atoms with Gasteiger partial charge in [0.2, 0.25) is 0 Å². The summed E-state index contributed by atoms with van der Waals surface area (Å²) in [6, 6.07) is 0. The van der Waals surface area contributed by atoms with Crippen LogP contribution in [0.3, 0.4) is 0 Å². The van der Waals surface area contributed by atoms with E-state index in [-0.39, 0.29) is 0 Å². The molecule has 0 heterocycles. The summed E-state index contributed by atoms with van der Waals surface area (Å²) in [5, 5.41) is 8.43. The monoisotopic (exact) mass is 212 g/mol. The molecule has 0 aromatic rings. The third-order valence-corrected chi connectivity index (χ3v) is 2.40. The zero-order valence-corrected chi connectivity index (χ0v) is 9.87. The van der Waals surface area contributed by atoms with Gasteiger partial charge >= 0.3 is 5.97 Å². The van der Waals surface area contributed by atoms with Gasteiger partial charge in [-0.25, -0.2) is 0 Å². The Hall–Kier alpha value is -0.790. The maximum absolute atomic E-state index is 10.2. The van der Waals surface area contributed by atoms with Crippen molar-refractivity contribution in [3.05, 3.63) is 12.2 Å². The SMILES string of the molecule is CCCCC=CCCCCCCC(=O)O. The fourth-order valence-corrected chi connectivity index (χ4v) is 1.45. The third-order valence-electron chi connectivity index (χ3n) is 2.40. The zero-order valence-electron chi connectivity index (χ0n) is 9.87. The molecule has 0 rings (SSSR count). The van der Waals surface area contributed by atoms with Crippen molar-refractivity contribution in [1.82, 2.24) is 0 Å². The summed E-state index contributed by atoms with van der Waals surface area (Å²) in [5.41, 5.74) is 0. The second-order valence-corrected chi connectivity index (χ2v) is 3.96. The van der Waals surface area contributed by atoms with Crippen molar-refractivity contribution in [2.75, 3.05) is 0 Å². The van der Waals surface area contributed by atoms with Gasteiger partial charge in [-0.15, -0.1) is 0 Å². The minimum Gasteiger partial charge on any atom is -0.481 e. The first-order valence-electron chi connectivity index (χ1n) is 6.14. The number of hydrogen-bond donors (Lipinski definition) is 1. The lowest BCUT2D eigenvalue weighted by Crippen LogP contribution is -1.93. The normalized spacial score (nSPS) is 11.0. The summed E-state index contributed by atoms with van der Waals surface area (Å²) < 4.78 is 0. The van der Waals surface area contributed by atoms with Crippen molar-refractivity contribution in [3.63, 3.8) is 0 Å². The van der Waals surface area contributed by atoms with Gasteiger partial charge < -0.3 is 5.11 Å². The molecule has 0 saturated heterocycles. The predicted octanol–water partition coefficient (Wildman–Crippen LogP) is 4.16. The quantitative estimate of drug-likeness (QED) is 0.436. The third kappa shape index (κ3) is 13.2. The van der Waals surface area contributed by atoms with E-state index in [0.717, 1.165) is 25.7 Å². The summed E-state index contributed by atoms with van der Waals surface area (Å²) in [5.74, 6) is -0.672. The molecule has 0 saturated carbocycles. The zero-order chi connectivity index (χ0) is 11.4. The molecule has 0 aliphatic heterocycles. The second-order valence-electron chi connectivity index (χ2n) is 3.96. The molecule has 88 valence electrons. The highest BCUT2D eigenvalue weighted by Gasteiger charge is 1.95. The lowest BCUT2D eigenvalue weighted by molar-refractivity contribution is -0.137. The molecule has 0 amide bonds. The molecular weight excluding hydrogens is 188 g/mol. The summed E-state index contributed by atoms with van der Waals surface area (Å²) in [4.78, 5) is 10.2. The summed E-state index contributed by atoms with van der Waals surface area (Å²) in [6.45, 7) is 2.20. The van der Waals surface area contributed by atoms with E-state index >= 15 is 0 Å². The molecule has 0 aliphatic carbocycles. The lowest BCUT2D eigenvalue weighted by Gasteiger charge is -1.96. The minimum absolute atomic E-state index is 0.326. The van der Waals surface area contributed by atoms with Crippen LogP contribution in [-0.4, -0.2) is 11.1 Å². The van der Waals surface area contributed by atoms with E-state index in [9.17, 15) is 4.79 Å². The molecule has 0 spiro atoms. The van der Waals surface area contributed by atoms with E-state index in [1.165, 1.54) is 25.7 Å². The van der Waals surface area contributed by atoms with Crippen molar-refractivity contribution in [2.45, 2.75) is 64.7 Å². The topological polar surface area (TPSA) is 37.3 Å². The Labute approximate surface area is 93.4 Å². The summed E-state index contributed by atoms with van der Waals surface area (Å²) >= 11 is 0. The Balaban J connectivity index is 3.04. The fourth-order valence-electron chi connectivity index (χ4n) is 1.45. The van der Waals surface area contributed by atoms with Crippen LogP contribution in [0.25, 0.3) is 0 Å². The minimum atomic E-state index is -0.672. The second kappa shape index (κ2) is 11.3. The first-order valence-corrected chi connectivity index (χ1v) is 6.14. The largest absolute Gasteiger partial charge is 0.481 e. The first kappa shape index (κ1) is 14.2. The number of allylic oxidation sites excluding steroid dienone is 2. The standard InChI is InChI=1S/C13H24O2/c1-2-3-4-5-6-7-8-9-10-11-12-13(14)15/h5-6H,2-4,7-12H2,1H3,(H,14,15). The van der Waals surface area contributed by atoms with Crippen LogP contribution in [0.2, 0.25) is 0 Å². The Morgan fingerprint density at radius 1 is 1.00 bits per heavy atom. The van der Waals surface area contributed by atoms with Crippen molar-refractivity contribution in [2.24, 2.45) is 0 Å². The maximum Gasteiger partial charge on any atom is 0.303 e. The Morgan fingerprint density at radius 3 is 2.20 bits per heavy atom. The summed E-state index contributed by atoms with van der Waals surface area (Å²) in [6.07, 6.45) is 14.0. The summed E-state index contributed by atoms with van der Waals surface area (Å²) in [7, 11) is 0. The Morgan fingerprint density at radius 2 is 1.60 bits per heavy atom. The molecule has 0 atom stereocenters. The van der Waals surface area contributed by atoms with Crippen molar-refractivity contribution >= 4 is 5.97 Å². The molecule has 0 unspecified atom stereocenters. The van der Waals surface area contributed by atoms with E-state index in [1.54, 1.807) is 0 Å². The average Bonchev–Trinajstić information content (AvgIpc) is 2.20. The van der Waals surface area contributed by atoms with Gasteiger partial charge in [-0.2, -0.15) is 0 Å². The van der Waals surface area contributed by atoms with Gasteiger partial charge in [0.15, 0.2) is 0 Å². The van der Waals surface area contributed by atoms with Crippen LogP contribution in [0.15, 0.2) is 12.2 Å². The molecule has 2 heteroatoms. The van der Waals surface area contributed by atoms with Gasteiger partial charge in [-0.05, 0) is 25.7 Å². The van der Waals surface area contributed by atoms with E-state index in [1.807, 2.05) is 0 Å². The number of carboxylic acids is 1. The highest BCUT2D eigenvalue weighted by Crippen LogP contribution is 2.06. The van der Waals surface area contributed by atoms with Gasteiger partial charge in [0, 0.05) is 6.42 Å². The van der Waals surface area contributed by atoms with Crippen LogP contribution in [0.1, 0.15) is 64.7 Å². The van der Waals surface area contributed by atoms with Crippen molar-refractivity contribution in [3.8, 4) is 0 Å². The number of rotatable bonds is 10. The van der Waals surface area contributed by atoms with Crippen molar-refractivity contribution in [1.29, 1.82) is 0 Å². The maximum atomic E-state index is 10.2. The molecular formula is C13H24O2. The predicted molar refractivity (Wildman–Crippen MR) is 64.0 cm³/mol. The van der Waals surface area contributed by atoms with Crippen LogP contribution in [-0.2, 0) is 4.79 Å². The van der Waals surface area contributed by atoms with Crippen LogP contribution < -0.4 is 0 Å². The van der Waals surface area contributed by atoms with Gasteiger partial charge in [0.05, 0.1) is 0 Å². The average molecular weight is 212 g/mol. The van der Waals surface area contributed by atoms with Crippen LogP contribution in [0, 0.1) is 0 Å². The van der Waals surface area contributed by atoms with Gasteiger partial charge in [-0.3, -0.25) is 4.79 Å². The molecule has 0 bridgehead atoms. The van der Waals surface area contributed by atoms with Crippen LogP contribution >= 0.6 is 0 Å². The van der Waals surface area contributed by atoms with E-state index in [2.05, 4.69) is 19.1 Å². The van der Waals surface area contributed by atoms with Crippen LogP contribution in [0.5, 0.6) is 0 Å². The number of unbranched alkanes of at least 4 members (excludes halogenated alkanes) is 6. The van der Waals surface area contributed by atoms with Crippen LogP contribution in [0.4, 0.5) is 0 Å². The van der Waals surface area contributed by atoms with Gasteiger partial charge in [0.1, 0.15) is 0 Å². The molecule has 0 aliphatic rings. The smallest absolute Gasteiger partial charge is 0.303 e. The van der Waals surface area contributed by atoms with E-state index in [0.29, 0.717) is 6.42 Å². The van der Waals surface area contributed by atoms with E-state index in [4.69, 9.17) is 5.11 Å². The molecule has 0 fully saturated rings. The number of hydrogen-bond acceptors (Lipinski definition) is 1. The molecule has 2 nitrogen and oxygen atoms in total. The number of aliphatic carboxylic acids is 1. The highest BCUT2D eigenvalue weighted by molar-refractivity contribution is 5.66. The Bertz CT molecular complexity index is 173. The highest BCUT2D eigenvalue weighted by atomic mass is 16.4. The number of carbonyl (C=O) groups is 1. The first-order chi connectivity index (χ1) is 7.27. The molecule has 0 aromatic carbocycles. The van der Waals surface area contributed by atoms with Crippen molar-refractivity contribution < 1.29 is 9.90 Å². The van der Waals surface area contributed by atoms with E-state index < -0.39 is 5.97 Å². The number of carboxylic acid groups (broad SMARTS) is 1. The van der Waals surface area contributed by atoms with Gasteiger partial charge in [-0.1, -0.05) is 44.8 Å². The fraction of sp³-hybridized carbons (Fsp3) is 0.769. The van der Waals surface area contributed by atoms with Gasteiger partial charge in [0.25, 0.3) is 0 Å². The molecule has 0 aromatic heterocycles. The molecule has 15 heavy (non-hydrogen) atoms. The Kier molecular flexibility index (Phi) is 10.7. The molecule has 1 N–H and O–H groups in total.